The highest BCUT2D eigenvalue weighted by Gasteiger charge is 2.27. The summed E-state index contributed by atoms with van der Waals surface area (Å²) in [5.41, 5.74) is 1.27. The van der Waals surface area contributed by atoms with Gasteiger partial charge in [0.15, 0.2) is 0 Å². The monoisotopic (exact) mass is 377 g/mol. The van der Waals surface area contributed by atoms with Crippen LogP contribution in [0, 0.1) is 5.92 Å². The molecule has 8 nitrogen and oxygen atoms in total. The van der Waals surface area contributed by atoms with Crippen LogP contribution in [0.1, 0.15) is 26.3 Å². The number of hydrogen-bond donors (Lipinski definition) is 4. The summed E-state index contributed by atoms with van der Waals surface area (Å²) in [7, 11) is 0. The molecule has 0 aromatic heterocycles. The van der Waals surface area contributed by atoms with Crippen LogP contribution in [-0.2, 0) is 20.9 Å². The normalized spacial score (nSPS) is 12.6. The van der Waals surface area contributed by atoms with Crippen molar-refractivity contribution in [1.29, 1.82) is 0 Å². The first kappa shape index (κ1) is 22.2. The highest BCUT2D eigenvalue weighted by atomic mass is 16.5. The van der Waals surface area contributed by atoms with Gasteiger partial charge in [-0.3, -0.25) is 9.59 Å². The quantitative estimate of drug-likeness (QED) is 0.487. The lowest BCUT2D eigenvalue weighted by Gasteiger charge is -2.23. The van der Waals surface area contributed by atoms with Crippen LogP contribution in [0.15, 0.2) is 36.9 Å². The van der Waals surface area contributed by atoms with Crippen LogP contribution < -0.4 is 16.0 Å². The lowest BCUT2D eigenvalue weighted by molar-refractivity contribution is -0.128. The summed E-state index contributed by atoms with van der Waals surface area (Å²) in [6.45, 7) is 8.48. The number of ether oxygens (including phenoxy) is 1. The molecule has 2 atom stereocenters. The number of carbonyl (C=O) groups excluding carboxylic acids is 3. The molecule has 0 aliphatic carbocycles. The van der Waals surface area contributed by atoms with E-state index in [-0.39, 0.29) is 19.1 Å². The van der Waals surface area contributed by atoms with E-state index in [1.54, 1.807) is 45.0 Å². The average Bonchev–Trinajstić information content (AvgIpc) is 2.64. The van der Waals surface area contributed by atoms with Gasteiger partial charge in [-0.2, -0.15) is 0 Å². The van der Waals surface area contributed by atoms with Crippen LogP contribution in [0.3, 0.4) is 0 Å². The van der Waals surface area contributed by atoms with Crippen molar-refractivity contribution in [2.75, 3.05) is 11.9 Å². The molecule has 0 bridgehead atoms. The van der Waals surface area contributed by atoms with E-state index in [2.05, 4.69) is 22.5 Å². The van der Waals surface area contributed by atoms with Gasteiger partial charge in [-0.15, -0.1) is 0 Å². The van der Waals surface area contributed by atoms with E-state index < -0.39 is 30.0 Å². The Morgan fingerprint density at radius 3 is 2.26 bits per heavy atom. The third-order valence-electron chi connectivity index (χ3n) is 3.71. The number of benzene rings is 1. The first-order valence-corrected chi connectivity index (χ1v) is 8.63. The number of aliphatic hydroxyl groups is 1. The Hall–Kier alpha value is -2.87. The van der Waals surface area contributed by atoms with E-state index in [1.807, 2.05) is 0 Å². The first-order chi connectivity index (χ1) is 12.8. The number of carbonyl (C=O) groups is 3. The predicted molar refractivity (Wildman–Crippen MR) is 102 cm³/mol. The SMILES string of the molecule is C=CCOC(=O)N[C@@H](C(=O)N[C@@H](C)C(=O)Nc1ccc(CO)cc1)C(C)C. The number of nitrogens with one attached hydrogen (secondary N) is 3. The van der Waals surface area contributed by atoms with Crippen LogP contribution in [-0.4, -0.2) is 41.7 Å². The molecule has 1 rings (SSSR count). The Morgan fingerprint density at radius 2 is 1.74 bits per heavy atom. The van der Waals surface area contributed by atoms with Crippen molar-refractivity contribution in [2.45, 2.75) is 39.5 Å². The second-order valence-corrected chi connectivity index (χ2v) is 6.33. The molecule has 0 fully saturated rings. The minimum atomic E-state index is -0.846. The van der Waals surface area contributed by atoms with Crippen LogP contribution >= 0.6 is 0 Å². The molecule has 0 aliphatic rings. The molecule has 148 valence electrons. The van der Waals surface area contributed by atoms with Crippen LogP contribution in [0.2, 0.25) is 0 Å². The molecule has 0 heterocycles. The van der Waals surface area contributed by atoms with Crippen molar-refractivity contribution in [1.82, 2.24) is 10.6 Å². The molecule has 0 saturated heterocycles. The van der Waals surface area contributed by atoms with E-state index in [1.165, 1.54) is 6.08 Å². The third kappa shape index (κ3) is 7.49. The standard InChI is InChI=1S/C19H27N3O5/c1-5-10-27-19(26)22-16(12(2)3)18(25)20-13(4)17(24)21-15-8-6-14(11-23)7-9-15/h5-9,12-13,16,23H,1,10-11H2,2-4H3,(H,20,25)(H,21,24)(H,22,26)/t13-,16+/m0/s1. The molecule has 0 saturated carbocycles. The van der Waals surface area contributed by atoms with Crippen LogP contribution in [0.4, 0.5) is 10.5 Å². The smallest absolute Gasteiger partial charge is 0.408 e. The van der Waals surface area contributed by atoms with Crippen molar-refractivity contribution in [3.05, 3.63) is 42.5 Å². The third-order valence-corrected chi connectivity index (χ3v) is 3.71. The molecular weight excluding hydrogens is 350 g/mol. The molecule has 4 N–H and O–H groups in total. The lowest BCUT2D eigenvalue weighted by atomic mass is 10.0. The second-order valence-electron chi connectivity index (χ2n) is 6.33. The van der Waals surface area contributed by atoms with E-state index in [0.717, 1.165) is 5.56 Å². The Kier molecular flexibility index (Phi) is 9.01. The Balaban J connectivity index is 2.63. The van der Waals surface area contributed by atoms with Gasteiger partial charge in [-0.1, -0.05) is 38.6 Å². The number of alkyl carbamates (subject to hydrolysis) is 1. The largest absolute Gasteiger partial charge is 0.445 e. The van der Waals surface area contributed by atoms with Gasteiger partial charge in [0.2, 0.25) is 11.8 Å². The summed E-state index contributed by atoms with van der Waals surface area (Å²) in [5.74, 6) is -1.10. The highest BCUT2D eigenvalue weighted by Crippen LogP contribution is 2.10. The minimum absolute atomic E-state index is 0.0339. The zero-order valence-electron chi connectivity index (χ0n) is 15.8. The highest BCUT2D eigenvalue weighted by molar-refractivity contribution is 5.98. The van der Waals surface area contributed by atoms with Gasteiger partial charge in [0, 0.05) is 5.69 Å². The number of hydrogen-bond acceptors (Lipinski definition) is 5. The van der Waals surface area contributed by atoms with Gasteiger partial charge < -0.3 is 25.8 Å². The average molecular weight is 377 g/mol. The fourth-order valence-electron chi connectivity index (χ4n) is 2.15. The zero-order valence-corrected chi connectivity index (χ0v) is 15.8. The number of anilines is 1. The summed E-state index contributed by atoms with van der Waals surface area (Å²) in [4.78, 5) is 36.4. The number of aliphatic hydroxyl groups excluding tert-OH is 1. The topological polar surface area (TPSA) is 117 Å². The van der Waals surface area contributed by atoms with E-state index in [0.29, 0.717) is 5.69 Å². The molecule has 0 spiro atoms. The van der Waals surface area contributed by atoms with Gasteiger partial charge >= 0.3 is 6.09 Å². The summed E-state index contributed by atoms with van der Waals surface area (Å²) in [6.07, 6.45) is 0.689. The van der Waals surface area contributed by atoms with Crippen molar-refractivity contribution >= 4 is 23.6 Å². The fourth-order valence-corrected chi connectivity index (χ4v) is 2.15. The molecular formula is C19H27N3O5. The number of amides is 3. The number of rotatable bonds is 9. The summed E-state index contributed by atoms with van der Waals surface area (Å²) in [5, 5.41) is 16.8. The van der Waals surface area contributed by atoms with Gasteiger partial charge in [-0.25, -0.2) is 4.79 Å². The van der Waals surface area contributed by atoms with Gasteiger partial charge in [0.05, 0.1) is 6.61 Å². The van der Waals surface area contributed by atoms with Gasteiger partial charge in [0.25, 0.3) is 0 Å². The molecule has 0 unspecified atom stereocenters. The maximum absolute atomic E-state index is 12.4. The summed E-state index contributed by atoms with van der Waals surface area (Å²) >= 11 is 0. The fraction of sp³-hybridized carbons (Fsp3) is 0.421. The molecule has 27 heavy (non-hydrogen) atoms. The van der Waals surface area contributed by atoms with E-state index in [9.17, 15) is 14.4 Å². The van der Waals surface area contributed by atoms with Crippen LogP contribution in [0.25, 0.3) is 0 Å². The molecule has 8 heteroatoms. The Bertz CT molecular complexity index is 658. The van der Waals surface area contributed by atoms with Crippen molar-refractivity contribution < 1.29 is 24.2 Å². The zero-order chi connectivity index (χ0) is 20.4. The predicted octanol–water partition coefficient (Wildman–Crippen LogP) is 1.56. The van der Waals surface area contributed by atoms with Gasteiger partial charge in [0.1, 0.15) is 18.7 Å². The van der Waals surface area contributed by atoms with Crippen LogP contribution in [0.5, 0.6) is 0 Å². The molecule has 0 aliphatic heterocycles. The molecule has 0 radical (unpaired) electrons. The van der Waals surface area contributed by atoms with E-state index in [4.69, 9.17) is 9.84 Å². The minimum Gasteiger partial charge on any atom is -0.445 e. The molecule has 1 aromatic carbocycles. The second kappa shape index (κ2) is 11.0. The molecule has 3 amide bonds. The molecule has 1 aromatic rings. The van der Waals surface area contributed by atoms with E-state index >= 15 is 0 Å². The lowest BCUT2D eigenvalue weighted by Crippen LogP contribution is -2.53. The first-order valence-electron chi connectivity index (χ1n) is 8.63. The van der Waals surface area contributed by atoms with Crippen molar-refractivity contribution in [3.8, 4) is 0 Å². The summed E-state index contributed by atoms with van der Waals surface area (Å²) in [6, 6.07) is 5.03. The Labute approximate surface area is 159 Å². The summed E-state index contributed by atoms with van der Waals surface area (Å²) < 4.78 is 4.83. The maximum atomic E-state index is 12.4. The van der Waals surface area contributed by atoms with Gasteiger partial charge in [-0.05, 0) is 30.5 Å². The maximum Gasteiger partial charge on any atom is 0.408 e. The van der Waals surface area contributed by atoms with Crippen molar-refractivity contribution in [2.24, 2.45) is 5.92 Å². The van der Waals surface area contributed by atoms with Crippen molar-refractivity contribution in [3.63, 3.8) is 0 Å². The Morgan fingerprint density at radius 1 is 1.11 bits per heavy atom.